The molecule has 1 aliphatic heterocycles. The predicted octanol–water partition coefficient (Wildman–Crippen LogP) is 1.60. The summed E-state index contributed by atoms with van der Waals surface area (Å²) in [5.74, 6) is 0. The van der Waals surface area contributed by atoms with Gasteiger partial charge in [0, 0.05) is 0 Å². The van der Waals surface area contributed by atoms with E-state index in [-0.39, 0.29) is 0 Å². The van der Waals surface area contributed by atoms with E-state index in [1.54, 1.807) is 0 Å². The van der Waals surface area contributed by atoms with Crippen LogP contribution < -0.4 is 0 Å². The molecule has 0 bridgehead atoms. The van der Waals surface area contributed by atoms with Crippen LogP contribution in [-0.4, -0.2) is 15.0 Å². The van der Waals surface area contributed by atoms with Gasteiger partial charge in [-0.05, 0) is 0 Å². The van der Waals surface area contributed by atoms with E-state index >= 15 is 0 Å². The zero-order valence-electron chi connectivity index (χ0n) is 4.76. The third-order valence-corrected chi connectivity index (χ3v) is 3.98. The van der Waals surface area contributed by atoms with Gasteiger partial charge >= 0.3 is 55.7 Å². The van der Waals surface area contributed by atoms with Crippen LogP contribution in [0, 0.1) is 11.3 Å². The van der Waals surface area contributed by atoms with E-state index in [4.69, 9.17) is 5.26 Å². The summed E-state index contributed by atoms with van der Waals surface area (Å²) in [5.41, 5.74) is 0. The van der Waals surface area contributed by atoms with Gasteiger partial charge in [-0.2, -0.15) is 0 Å². The second-order valence-electron chi connectivity index (χ2n) is 1.98. The Kier molecular flexibility index (Phi) is 2.39. The van der Waals surface area contributed by atoms with E-state index in [0.717, 1.165) is 0 Å². The van der Waals surface area contributed by atoms with Gasteiger partial charge in [-0.25, -0.2) is 0 Å². The fourth-order valence-electron chi connectivity index (χ4n) is 0.843. The van der Waals surface area contributed by atoms with Gasteiger partial charge in [-0.1, -0.05) is 0 Å². The van der Waals surface area contributed by atoms with Crippen molar-refractivity contribution in [3.8, 4) is 6.07 Å². The van der Waals surface area contributed by atoms with Gasteiger partial charge in [0.05, 0.1) is 0 Å². The quantitative estimate of drug-likeness (QED) is 0.512. The van der Waals surface area contributed by atoms with Crippen LogP contribution in [0.3, 0.4) is 0 Å². The van der Waals surface area contributed by atoms with Crippen LogP contribution in [0.15, 0.2) is 0 Å². The molecule has 1 atom stereocenters. The minimum absolute atomic E-state index is 0.455. The van der Waals surface area contributed by atoms with Crippen molar-refractivity contribution in [2.75, 3.05) is 0 Å². The number of rotatable bonds is 0. The molecule has 1 nitrogen and oxygen atoms in total. The molecule has 0 amide bonds. The number of hydrogen-bond donors (Lipinski definition) is 0. The van der Waals surface area contributed by atoms with E-state index in [2.05, 4.69) is 6.07 Å². The summed E-state index contributed by atoms with van der Waals surface area (Å²) in [6, 6.07) is 2.33. The summed E-state index contributed by atoms with van der Waals surface area (Å²) >= 11 is 0.660. The maximum atomic E-state index is 8.46. The van der Waals surface area contributed by atoms with E-state index in [0.29, 0.717) is 19.8 Å². The molecular formula is C6H9NSe. The summed E-state index contributed by atoms with van der Waals surface area (Å²) in [6.45, 7) is 0. The van der Waals surface area contributed by atoms with Crippen LogP contribution in [0.25, 0.3) is 0 Å². The topological polar surface area (TPSA) is 23.8 Å². The van der Waals surface area contributed by atoms with Crippen molar-refractivity contribution < 1.29 is 0 Å². The van der Waals surface area contributed by atoms with Crippen LogP contribution in [0.1, 0.15) is 19.3 Å². The molecule has 2 heteroatoms. The molecule has 0 aromatic carbocycles. The van der Waals surface area contributed by atoms with Crippen LogP contribution >= 0.6 is 0 Å². The van der Waals surface area contributed by atoms with E-state index in [1.165, 1.54) is 24.6 Å². The van der Waals surface area contributed by atoms with Crippen LogP contribution in [0.5, 0.6) is 0 Å². The van der Waals surface area contributed by atoms with Gasteiger partial charge in [0.25, 0.3) is 0 Å². The SMILES string of the molecule is N#CC1CCCC[Se]1. The molecule has 1 fully saturated rings. The number of nitriles is 1. The Bertz CT molecular complexity index is 99.6. The monoisotopic (exact) mass is 175 g/mol. The molecule has 1 heterocycles. The zero-order valence-corrected chi connectivity index (χ0v) is 6.47. The normalized spacial score (nSPS) is 29.1. The Balaban J connectivity index is 2.25. The maximum absolute atomic E-state index is 8.46. The molecule has 0 aromatic rings. The van der Waals surface area contributed by atoms with Crippen molar-refractivity contribution in [3.05, 3.63) is 0 Å². The third-order valence-electron chi connectivity index (χ3n) is 1.32. The average molecular weight is 174 g/mol. The van der Waals surface area contributed by atoms with Crippen molar-refractivity contribution in [1.82, 2.24) is 0 Å². The molecule has 1 unspecified atom stereocenters. The predicted molar refractivity (Wildman–Crippen MR) is 33.8 cm³/mol. The molecule has 8 heavy (non-hydrogen) atoms. The summed E-state index contributed by atoms with van der Waals surface area (Å²) in [4.78, 5) is 0.455. The Morgan fingerprint density at radius 2 is 2.38 bits per heavy atom. The van der Waals surface area contributed by atoms with Crippen LogP contribution in [0.4, 0.5) is 0 Å². The Morgan fingerprint density at radius 1 is 1.50 bits per heavy atom. The van der Waals surface area contributed by atoms with Gasteiger partial charge in [-0.15, -0.1) is 0 Å². The molecule has 0 radical (unpaired) electrons. The number of nitrogens with zero attached hydrogens (tertiary/aromatic N) is 1. The first-order chi connectivity index (χ1) is 3.93. The van der Waals surface area contributed by atoms with Gasteiger partial charge < -0.3 is 0 Å². The molecule has 0 aliphatic carbocycles. The van der Waals surface area contributed by atoms with Crippen molar-refractivity contribution in [3.63, 3.8) is 0 Å². The Labute approximate surface area is 56.2 Å². The van der Waals surface area contributed by atoms with Gasteiger partial charge in [0.1, 0.15) is 0 Å². The molecule has 1 saturated heterocycles. The first kappa shape index (κ1) is 6.13. The van der Waals surface area contributed by atoms with Crippen molar-refractivity contribution in [2.24, 2.45) is 0 Å². The summed E-state index contributed by atoms with van der Waals surface area (Å²) in [5, 5.41) is 9.80. The van der Waals surface area contributed by atoms with Crippen molar-refractivity contribution in [1.29, 1.82) is 5.26 Å². The zero-order chi connectivity index (χ0) is 5.82. The van der Waals surface area contributed by atoms with E-state index < -0.39 is 0 Å². The fourth-order valence-corrected chi connectivity index (χ4v) is 3.07. The molecule has 0 spiro atoms. The Hall–Kier alpha value is 0.00948. The van der Waals surface area contributed by atoms with Gasteiger partial charge in [-0.3, -0.25) is 0 Å². The minimum atomic E-state index is 0.455. The molecular weight excluding hydrogens is 165 g/mol. The van der Waals surface area contributed by atoms with Gasteiger partial charge in [0.2, 0.25) is 0 Å². The average Bonchev–Trinajstić information content (AvgIpc) is 1.90. The second kappa shape index (κ2) is 3.12. The van der Waals surface area contributed by atoms with Crippen LogP contribution in [0.2, 0.25) is 10.1 Å². The molecule has 1 rings (SSSR count). The molecule has 0 aromatic heterocycles. The van der Waals surface area contributed by atoms with Crippen molar-refractivity contribution in [2.45, 2.75) is 29.4 Å². The molecule has 1 aliphatic rings. The Morgan fingerprint density at radius 3 is 2.75 bits per heavy atom. The van der Waals surface area contributed by atoms with E-state index in [1.807, 2.05) is 0 Å². The first-order valence-electron chi connectivity index (χ1n) is 2.94. The van der Waals surface area contributed by atoms with Crippen LogP contribution in [-0.2, 0) is 0 Å². The molecule has 0 saturated carbocycles. The number of hydrogen-bond acceptors (Lipinski definition) is 1. The summed E-state index contributed by atoms with van der Waals surface area (Å²) < 4.78 is 0. The summed E-state index contributed by atoms with van der Waals surface area (Å²) in [7, 11) is 0. The van der Waals surface area contributed by atoms with E-state index in [9.17, 15) is 0 Å². The second-order valence-corrected chi connectivity index (χ2v) is 4.73. The molecule has 0 N–H and O–H groups in total. The van der Waals surface area contributed by atoms with Gasteiger partial charge in [0.15, 0.2) is 0 Å². The van der Waals surface area contributed by atoms with Crippen molar-refractivity contribution >= 4 is 15.0 Å². The third kappa shape index (κ3) is 1.51. The standard InChI is InChI=1S/C6H9NSe/c7-5-6-3-1-2-4-8-6/h6H,1-4H2. The summed E-state index contributed by atoms with van der Waals surface area (Å²) in [6.07, 6.45) is 3.84. The fraction of sp³-hybridized carbons (Fsp3) is 0.833. The molecule has 44 valence electrons. The first-order valence-corrected chi connectivity index (χ1v) is 5.15.